The van der Waals surface area contributed by atoms with E-state index < -0.39 is 5.91 Å². The van der Waals surface area contributed by atoms with Gasteiger partial charge in [-0.15, -0.1) is 0 Å². The highest BCUT2D eigenvalue weighted by atomic mass is 35.5. The lowest BCUT2D eigenvalue weighted by atomic mass is 10.2. The van der Waals surface area contributed by atoms with Crippen molar-refractivity contribution in [2.24, 2.45) is 0 Å². The minimum atomic E-state index is -0.422. The largest absolute Gasteiger partial charge is 0.508 e. The normalized spacial score (nSPS) is 10.2. The van der Waals surface area contributed by atoms with Gasteiger partial charge in [0.2, 0.25) is 0 Å². The van der Waals surface area contributed by atoms with E-state index >= 15 is 0 Å². The number of benzene rings is 2. The number of aromatic hydroxyl groups is 2. The van der Waals surface area contributed by atoms with Gasteiger partial charge in [-0.2, -0.15) is 0 Å². The van der Waals surface area contributed by atoms with Crippen molar-refractivity contribution in [3.8, 4) is 11.5 Å². The summed E-state index contributed by atoms with van der Waals surface area (Å²) in [6.07, 6.45) is 0. The van der Waals surface area contributed by atoms with E-state index in [-0.39, 0.29) is 21.5 Å². The first-order chi connectivity index (χ1) is 8.97. The van der Waals surface area contributed by atoms with Gasteiger partial charge in [0.1, 0.15) is 5.75 Å². The molecule has 19 heavy (non-hydrogen) atoms. The Kier molecular flexibility index (Phi) is 3.83. The number of rotatable bonds is 2. The zero-order valence-corrected chi connectivity index (χ0v) is 11.0. The predicted octanol–water partition coefficient (Wildman–Crippen LogP) is 3.66. The van der Waals surface area contributed by atoms with Crippen molar-refractivity contribution in [3.05, 3.63) is 52.0 Å². The summed E-state index contributed by atoms with van der Waals surface area (Å²) in [6.45, 7) is 0. The molecule has 0 saturated heterocycles. The van der Waals surface area contributed by atoms with Crippen LogP contribution in [0.4, 0.5) is 5.69 Å². The molecule has 0 aliphatic rings. The van der Waals surface area contributed by atoms with Crippen LogP contribution in [0.2, 0.25) is 10.0 Å². The molecule has 98 valence electrons. The first-order valence-corrected chi connectivity index (χ1v) is 6.01. The summed E-state index contributed by atoms with van der Waals surface area (Å²) < 4.78 is 0. The third kappa shape index (κ3) is 3.10. The SMILES string of the molecule is O=C(Nc1cc(Cl)c(O)c(Cl)c1)c1cccc(O)c1. The fraction of sp³-hybridized carbons (Fsp3) is 0. The molecule has 0 fully saturated rings. The standard InChI is InChI=1S/C13H9Cl2NO3/c14-10-5-8(6-11(15)12(10)18)16-13(19)7-2-1-3-9(17)4-7/h1-6,17-18H,(H,16,19). The van der Waals surface area contributed by atoms with E-state index in [1.54, 1.807) is 12.1 Å². The molecule has 6 heteroatoms. The zero-order valence-electron chi connectivity index (χ0n) is 9.52. The number of phenols is 2. The molecule has 1 amide bonds. The van der Waals surface area contributed by atoms with E-state index in [9.17, 15) is 15.0 Å². The maximum atomic E-state index is 11.9. The first-order valence-electron chi connectivity index (χ1n) is 5.26. The van der Waals surface area contributed by atoms with E-state index in [0.29, 0.717) is 11.3 Å². The molecule has 0 heterocycles. The second-order valence-corrected chi connectivity index (χ2v) is 4.61. The van der Waals surface area contributed by atoms with Gasteiger partial charge in [-0.1, -0.05) is 29.3 Å². The van der Waals surface area contributed by atoms with Crippen LogP contribution in [0.15, 0.2) is 36.4 Å². The lowest BCUT2D eigenvalue weighted by molar-refractivity contribution is 0.102. The van der Waals surface area contributed by atoms with Gasteiger partial charge in [-0.3, -0.25) is 4.79 Å². The van der Waals surface area contributed by atoms with Gasteiger partial charge in [0, 0.05) is 11.3 Å². The van der Waals surface area contributed by atoms with Crippen LogP contribution >= 0.6 is 23.2 Å². The van der Waals surface area contributed by atoms with Crippen LogP contribution in [0.1, 0.15) is 10.4 Å². The third-order valence-electron chi connectivity index (χ3n) is 2.38. The molecule has 0 atom stereocenters. The van der Waals surface area contributed by atoms with Crippen LogP contribution in [-0.4, -0.2) is 16.1 Å². The quantitative estimate of drug-likeness (QED) is 0.741. The maximum absolute atomic E-state index is 11.9. The highest BCUT2D eigenvalue weighted by molar-refractivity contribution is 6.37. The fourth-order valence-electron chi connectivity index (χ4n) is 1.49. The minimum Gasteiger partial charge on any atom is -0.508 e. The Bertz CT molecular complexity index is 621. The van der Waals surface area contributed by atoms with Crippen molar-refractivity contribution >= 4 is 34.8 Å². The average molecular weight is 298 g/mol. The molecule has 0 saturated carbocycles. The van der Waals surface area contributed by atoms with Crippen molar-refractivity contribution < 1.29 is 15.0 Å². The van der Waals surface area contributed by atoms with Gasteiger partial charge in [0.05, 0.1) is 10.0 Å². The molecular formula is C13H9Cl2NO3. The Morgan fingerprint density at radius 3 is 2.26 bits per heavy atom. The Morgan fingerprint density at radius 2 is 1.68 bits per heavy atom. The van der Waals surface area contributed by atoms with Gasteiger partial charge in [0.25, 0.3) is 5.91 Å². The molecule has 0 aliphatic carbocycles. The summed E-state index contributed by atoms with van der Waals surface area (Å²) in [5, 5.41) is 21.4. The highest BCUT2D eigenvalue weighted by Gasteiger charge is 2.10. The van der Waals surface area contributed by atoms with Crippen LogP contribution in [0, 0.1) is 0 Å². The molecule has 0 spiro atoms. The van der Waals surface area contributed by atoms with Crippen molar-refractivity contribution in [1.82, 2.24) is 0 Å². The molecule has 0 unspecified atom stereocenters. The maximum Gasteiger partial charge on any atom is 0.255 e. The van der Waals surface area contributed by atoms with Gasteiger partial charge >= 0.3 is 0 Å². The molecule has 2 aromatic carbocycles. The number of phenolic OH excluding ortho intramolecular Hbond substituents is 2. The topological polar surface area (TPSA) is 69.6 Å². The summed E-state index contributed by atoms with van der Waals surface area (Å²) in [6, 6.07) is 8.66. The van der Waals surface area contributed by atoms with E-state index in [0.717, 1.165) is 0 Å². The number of carbonyl (C=O) groups is 1. The van der Waals surface area contributed by atoms with Crippen LogP contribution in [0.5, 0.6) is 11.5 Å². The Labute approximate surface area is 119 Å². The molecule has 2 aromatic rings. The second-order valence-electron chi connectivity index (χ2n) is 3.79. The summed E-state index contributed by atoms with van der Waals surface area (Å²) in [5.41, 5.74) is 0.640. The van der Waals surface area contributed by atoms with Crippen LogP contribution in [-0.2, 0) is 0 Å². The number of amides is 1. The summed E-state index contributed by atoms with van der Waals surface area (Å²) >= 11 is 11.5. The predicted molar refractivity (Wildman–Crippen MR) is 74.2 cm³/mol. The molecule has 3 N–H and O–H groups in total. The van der Waals surface area contributed by atoms with Crippen molar-refractivity contribution in [2.45, 2.75) is 0 Å². The van der Waals surface area contributed by atoms with E-state index in [1.807, 2.05) is 0 Å². The van der Waals surface area contributed by atoms with E-state index in [2.05, 4.69) is 5.32 Å². The van der Waals surface area contributed by atoms with Crippen molar-refractivity contribution in [3.63, 3.8) is 0 Å². The Morgan fingerprint density at radius 1 is 1.05 bits per heavy atom. The van der Waals surface area contributed by atoms with Gasteiger partial charge < -0.3 is 15.5 Å². The molecule has 0 bridgehead atoms. The second kappa shape index (κ2) is 5.38. The number of carbonyl (C=O) groups excluding carboxylic acids is 1. The third-order valence-corrected chi connectivity index (χ3v) is 2.96. The fourth-order valence-corrected chi connectivity index (χ4v) is 1.98. The lowest BCUT2D eigenvalue weighted by Crippen LogP contribution is -2.11. The van der Waals surface area contributed by atoms with E-state index in [4.69, 9.17) is 23.2 Å². The summed E-state index contributed by atoms with van der Waals surface area (Å²) in [7, 11) is 0. The molecule has 2 rings (SSSR count). The number of anilines is 1. The number of hydrogen-bond donors (Lipinski definition) is 3. The summed E-state index contributed by atoms with van der Waals surface area (Å²) in [4.78, 5) is 11.9. The lowest BCUT2D eigenvalue weighted by Gasteiger charge is -2.08. The van der Waals surface area contributed by atoms with E-state index in [1.165, 1.54) is 24.3 Å². The zero-order chi connectivity index (χ0) is 14.0. The molecule has 4 nitrogen and oxygen atoms in total. The van der Waals surface area contributed by atoms with Gasteiger partial charge in [-0.25, -0.2) is 0 Å². The number of hydrogen-bond acceptors (Lipinski definition) is 3. The highest BCUT2D eigenvalue weighted by Crippen LogP contribution is 2.34. The first kappa shape index (κ1) is 13.5. The Balaban J connectivity index is 2.24. The van der Waals surface area contributed by atoms with Crippen LogP contribution in [0.3, 0.4) is 0 Å². The van der Waals surface area contributed by atoms with Crippen molar-refractivity contribution in [2.75, 3.05) is 5.32 Å². The molecule has 0 radical (unpaired) electrons. The smallest absolute Gasteiger partial charge is 0.255 e. The van der Waals surface area contributed by atoms with Gasteiger partial charge in [0.15, 0.2) is 5.75 Å². The number of nitrogens with one attached hydrogen (secondary N) is 1. The average Bonchev–Trinajstić information content (AvgIpc) is 2.36. The molecule has 0 aliphatic heterocycles. The van der Waals surface area contributed by atoms with Crippen LogP contribution < -0.4 is 5.32 Å². The molecule has 0 aromatic heterocycles. The Hall–Kier alpha value is -1.91. The summed E-state index contributed by atoms with van der Waals surface area (Å²) in [5.74, 6) is -0.665. The number of halogens is 2. The molecular weight excluding hydrogens is 289 g/mol. The monoisotopic (exact) mass is 297 g/mol. The minimum absolute atomic E-state index is 0.00517. The van der Waals surface area contributed by atoms with Crippen LogP contribution in [0.25, 0.3) is 0 Å². The van der Waals surface area contributed by atoms with Gasteiger partial charge in [-0.05, 0) is 30.3 Å². The van der Waals surface area contributed by atoms with Crippen molar-refractivity contribution in [1.29, 1.82) is 0 Å².